The number of halogens is 3. The molecule has 7 heteroatoms. The Labute approximate surface area is 161 Å². The molecule has 0 saturated heterocycles. The summed E-state index contributed by atoms with van der Waals surface area (Å²) < 4.78 is 54.4. The molecule has 0 amide bonds. The van der Waals surface area contributed by atoms with Gasteiger partial charge < -0.3 is 14.2 Å². The number of alkyl halides is 3. The molecule has 0 unspecified atom stereocenters. The Morgan fingerprint density at radius 1 is 1.07 bits per heavy atom. The lowest BCUT2D eigenvalue weighted by molar-refractivity contribution is -0.137. The summed E-state index contributed by atoms with van der Waals surface area (Å²) in [6.45, 7) is 4.68. The van der Waals surface area contributed by atoms with E-state index >= 15 is 0 Å². The molecule has 2 aromatic carbocycles. The molecular formula is C20H23F3O3S. The minimum atomic E-state index is -4.35. The average molecular weight is 400 g/mol. The van der Waals surface area contributed by atoms with Gasteiger partial charge in [0, 0.05) is 17.3 Å². The SMILES string of the molecule is CCO[C@H](COc1ccc(C(F)(F)F)cc1)CSc1ccc(OC)c(C)c1. The lowest BCUT2D eigenvalue weighted by Gasteiger charge is -2.18. The molecule has 2 rings (SSSR count). The summed E-state index contributed by atoms with van der Waals surface area (Å²) in [5.74, 6) is 1.89. The van der Waals surface area contributed by atoms with Crippen LogP contribution in [0.4, 0.5) is 13.2 Å². The fourth-order valence-electron chi connectivity index (χ4n) is 2.44. The van der Waals surface area contributed by atoms with Crippen LogP contribution in [-0.2, 0) is 10.9 Å². The van der Waals surface area contributed by atoms with Gasteiger partial charge >= 0.3 is 6.18 Å². The van der Waals surface area contributed by atoms with E-state index in [2.05, 4.69) is 0 Å². The molecule has 2 aromatic rings. The third-order valence-corrected chi connectivity index (χ3v) is 4.95. The fourth-order valence-corrected chi connectivity index (χ4v) is 3.43. The maximum absolute atomic E-state index is 12.6. The highest BCUT2D eigenvalue weighted by atomic mass is 32.2. The molecule has 3 nitrogen and oxygen atoms in total. The number of thioether (sulfide) groups is 1. The van der Waals surface area contributed by atoms with Gasteiger partial charge in [-0.3, -0.25) is 0 Å². The number of rotatable bonds is 9. The minimum Gasteiger partial charge on any atom is -0.496 e. The van der Waals surface area contributed by atoms with E-state index in [4.69, 9.17) is 14.2 Å². The van der Waals surface area contributed by atoms with Crippen molar-refractivity contribution in [2.24, 2.45) is 0 Å². The van der Waals surface area contributed by atoms with Gasteiger partial charge in [0.1, 0.15) is 24.2 Å². The van der Waals surface area contributed by atoms with Crippen molar-refractivity contribution in [2.75, 3.05) is 26.1 Å². The summed E-state index contributed by atoms with van der Waals surface area (Å²) in [6.07, 6.45) is -4.52. The van der Waals surface area contributed by atoms with Crippen molar-refractivity contribution in [1.29, 1.82) is 0 Å². The normalized spacial score (nSPS) is 12.7. The van der Waals surface area contributed by atoms with Crippen molar-refractivity contribution in [3.63, 3.8) is 0 Å². The second-order valence-corrected chi connectivity index (χ2v) is 6.95. The van der Waals surface area contributed by atoms with Crippen molar-refractivity contribution in [3.8, 4) is 11.5 Å². The van der Waals surface area contributed by atoms with Crippen LogP contribution in [0, 0.1) is 6.92 Å². The average Bonchev–Trinajstić information content (AvgIpc) is 2.63. The van der Waals surface area contributed by atoms with Crippen molar-refractivity contribution in [2.45, 2.75) is 31.0 Å². The van der Waals surface area contributed by atoms with Gasteiger partial charge in [-0.2, -0.15) is 13.2 Å². The summed E-state index contributed by atoms with van der Waals surface area (Å²) in [4.78, 5) is 1.09. The Hall–Kier alpha value is -1.86. The molecule has 0 saturated carbocycles. The monoisotopic (exact) mass is 400 g/mol. The topological polar surface area (TPSA) is 27.7 Å². The maximum atomic E-state index is 12.6. The van der Waals surface area contributed by atoms with Crippen molar-refractivity contribution in [1.82, 2.24) is 0 Å². The van der Waals surface area contributed by atoms with E-state index in [-0.39, 0.29) is 12.7 Å². The van der Waals surface area contributed by atoms with Crippen LogP contribution < -0.4 is 9.47 Å². The van der Waals surface area contributed by atoms with E-state index in [1.807, 2.05) is 32.0 Å². The first kappa shape index (κ1) is 21.4. The van der Waals surface area contributed by atoms with Crippen LogP contribution in [-0.4, -0.2) is 32.2 Å². The molecular weight excluding hydrogens is 377 g/mol. The second kappa shape index (κ2) is 9.90. The first-order valence-electron chi connectivity index (χ1n) is 8.52. The van der Waals surface area contributed by atoms with Crippen LogP contribution >= 0.6 is 11.8 Å². The molecule has 0 radical (unpaired) electrons. The van der Waals surface area contributed by atoms with Gasteiger partial charge in [-0.1, -0.05) is 0 Å². The summed E-state index contributed by atoms with van der Waals surface area (Å²) in [5, 5.41) is 0. The highest BCUT2D eigenvalue weighted by Gasteiger charge is 2.30. The van der Waals surface area contributed by atoms with Crippen LogP contribution in [0.15, 0.2) is 47.4 Å². The van der Waals surface area contributed by atoms with E-state index in [0.717, 1.165) is 28.3 Å². The first-order chi connectivity index (χ1) is 12.8. The van der Waals surface area contributed by atoms with Gasteiger partial charge in [-0.05, 0) is 61.9 Å². The van der Waals surface area contributed by atoms with Gasteiger partial charge in [-0.15, -0.1) is 11.8 Å². The predicted molar refractivity (Wildman–Crippen MR) is 101 cm³/mol. The quantitative estimate of drug-likeness (QED) is 0.512. The van der Waals surface area contributed by atoms with Crippen LogP contribution in [0.25, 0.3) is 0 Å². The highest BCUT2D eigenvalue weighted by Crippen LogP contribution is 2.30. The number of hydrogen-bond donors (Lipinski definition) is 0. The fraction of sp³-hybridized carbons (Fsp3) is 0.400. The molecule has 0 heterocycles. The highest BCUT2D eigenvalue weighted by molar-refractivity contribution is 7.99. The molecule has 0 aliphatic heterocycles. The standard InChI is InChI=1S/C20H23F3O3S/c1-4-25-17(13-27-18-9-10-19(24-3)14(2)11-18)12-26-16-7-5-15(6-8-16)20(21,22)23/h5-11,17H,4,12-13H2,1-3H3/t17-/m1/s1. The largest absolute Gasteiger partial charge is 0.496 e. The van der Waals surface area contributed by atoms with Gasteiger partial charge in [0.2, 0.25) is 0 Å². The molecule has 148 valence electrons. The Kier molecular flexibility index (Phi) is 7.86. The van der Waals surface area contributed by atoms with Crippen LogP contribution in [0.5, 0.6) is 11.5 Å². The number of hydrogen-bond acceptors (Lipinski definition) is 4. The van der Waals surface area contributed by atoms with Crippen molar-refractivity contribution < 1.29 is 27.4 Å². The summed E-state index contributed by atoms with van der Waals surface area (Å²) >= 11 is 1.63. The zero-order valence-corrected chi connectivity index (χ0v) is 16.3. The van der Waals surface area contributed by atoms with E-state index in [1.165, 1.54) is 12.1 Å². The smallest absolute Gasteiger partial charge is 0.416 e. The Bertz CT molecular complexity index is 717. The summed E-state index contributed by atoms with van der Waals surface area (Å²) in [7, 11) is 1.64. The Morgan fingerprint density at radius 2 is 1.78 bits per heavy atom. The Morgan fingerprint density at radius 3 is 2.33 bits per heavy atom. The van der Waals surface area contributed by atoms with E-state index in [1.54, 1.807) is 18.9 Å². The summed E-state index contributed by atoms with van der Waals surface area (Å²) in [5.41, 5.74) is 0.359. The zero-order valence-electron chi connectivity index (χ0n) is 15.5. The first-order valence-corrected chi connectivity index (χ1v) is 9.51. The second-order valence-electron chi connectivity index (χ2n) is 5.85. The third-order valence-electron chi connectivity index (χ3n) is 3.82. The molecule has 0 fully saturated rings. The zero-order chi connectivity index (χ0) is 19.9. The maximum Gasteiger partial charge on any atom is 0.416 e. The lowest BCUT2D eigenvalue weighted by Crippen LogP contribution is -2.24. The number of methoxy groups -OCH3 is 1. The minimum absolute atomic E-state index is 0.176. The van der Waals surface area contributed by atoms with Gasteiger partial charge in [0.05, 0.1) is 12.7 Å². The van der Waals surface area contributed by atoms with Crippen LogP contribution in [0.3, 0.4) is 0 Å². The van der Waals surface area contributed by atoms with Gasteiger partial charge in [-0.25, -0.2) is 0 Å². The summed E-state index contributed by atoms with van der Waals surface area (Å²) in [6, 6.07) is 10.6. The molecule has 27 heavy (non-hydrogen) atoms. The van der Waals surface area contributed by atoms with E-state index in [9.17, 15) is 13.2 Å². The van der Waals surface area contributed by atoms with Crippen LogP contribution in [0.2, 0.25) is 0 Å². The number of aryl methyl sites for hydroxylation is 1. The van der Waals surface area contributed by atoms with Crippen molar-refractivity contribution >= 4 is 11.8 Å². The third kappa shape index (κ3) is 6.66. The molecule has 0 aromatic heterocycles. The number of ether oxygens (including phenoxy) is 3. The molecule has 0 spiro atoms. The molecule has 0 N–H and O–H groups in total. The lowest BCUT2D eigenvalue weighted by atomic mass is 10.2. The molecule has 1 atom stereocenters. The molecule has 0 aliphatic rings. The molecule has 0 aliphatic carbocycles. The predicted octanol–water partition coefficient (Wildman–Crippen LogP) is 5.60. The molecule has 0 bridgehead atoms. The Balaban J connectivity index is 1.90. The van der Waals surface area contributed by atoms with Gasteiger partial charge in [0.25, 0.3) is 0 Å². The van der Waals surface area contributed by atoms with Gasteiger partial charge in [0.15, 0.2) is 0 Å². The van der Waals surface area contributed by atoms with E-state index in [0.29, 0.717) is 18.1 Å². The number of benzene rings is 2. The van der Waals surface area contributed by atoms with E-state index < -0.39 is 11.7 Å². The van der Waals surface area contributed by atoms with Crippen molar-refractivity contribution in [3.05, 3.63) is 53.6 Å². The van der Waals surface area contributed by atoms with Crippen LogP contribution in [0.1, 0.15) is 18.1 Å².